The maximum absolute atomic E-state index is 13.1. The molecule has 0 radical (unpaired) electrons. The number of hydrogen-bond donors (Lipinski definition) is 5. The molecule has 6 N–H and O–H groups in total. The summed E-state index contributed by atoms with van der Waals surface area (Å²) < 4.78 is 18.8. The van der Waals surface area contributed by atoms with Gasteiger partial charge in [0.15, 0.2) is 16.8 Å². The maximum Gasteiger partial charge on any atom is 0.196 e. The number of thiazole rings is 1. The van der Waals surface area contributed by atoms with Crippen molar-refractivity contribution in [3.8, 4) is 0 Å². The van der Waals surface area contributed by atoms with Gasteiger partial charge in [0, 0.05) is 11.1 Å². The number of aliphatic hydroxyl groups is 3. The van der Waals surface area contributed by atoms with Gasteiger partial charge in [-0.25, -0.2) is 4.98 Å². The fourth-order valence-corrected chi connectivity index (χ4v) is 3.98. The fourth-order valence-electron chi connectivity index (χ4n) is 2.04. The van der Waals surface area contributed by atoms with Crippen molar-refractivity contribution in [2.45, 2.75) is 35.7 Å². The van der Waals surface area contributed by atoms with Crippen molar-refractivity contribution < 1.29 is 24.4 Å². The summed E-state index contributed by atoms with van der Waals surface area (Å²) in [6.45, 7) is 0.996. The Balaban J connectivity index is 2.16. The summed E-state index contributed by atoms with van der Waals surface area (Å²) >= 11 is 13.8. The molecule has 0 saturated carbocycles. The van der Waals surface area contributed by atoms with E-state index in [2.05, 4.69) is 10.3 Å². The molecule has 1 aromatic carbocycles. The van der Waals surface area contributed by atoms with E-state index in [1.807, 2.05) is 0 Å². The van der Waals surface area contributed by atoms with E-state index in [9.17, 15) is 19.7 Å². The number of aliphatic hydroxyl groups excluding tert-OH is 3. The van der Waals surface area contributed by atoms with Crippen LogP contribution in [0.5, 0.6) is 0 Å². The number of aromatic nitrogens is 1. The summed E-state index contributed by atoms with van der Waals surface area (Å²) in [5.74, 6) is 0. The van der Waals surface area contributed by atoms with E-state index in [4.69, 9.17) is 33.7 Å². The molecule has 4 atom stereocenters. The molecule has 0 aliphatic rings. The molecular formula is C17H20Cl2FN3O4S2. The van der Waals surface area contributed by atoms with Gasteiger partial charge in [-0.15, -0.1) is 0 Å². The fraction of sp³-hybridized carbons (Fsp3) is 0.353. The Morgan fingerprint density at radius 1 is 1.41 bits per heavy atom. The average Bonchev–Trinajstić information content (AvgIpc) is 3.11. The number of hydrogen-bond acceptors (Lipinski definition) is 9. The molecule has 0 saturated heterocycles. The summed E-state index contributed by atoms with van der Waals surface area (Å²) in [5.41, 5.74) is 4.97. The van der Waals surface area contributed by atoms with Crippen molar-refractivity contribution in [1.29, 1.82) is 0 Å². The molecule has 0 spiro atoms. The van der Waals surface area contributed by atoms with Crippen LogP contribution in [0.4, 0.5) is 4.39 Å². The molecule has 7 nitrogen and oxygen atoms in total. The second kappa shape index (κ2) is 11.3. The van der Waals surface area contributed by atoms with Crippen LogP contribution in [-0.2, 0) is 4.74 Å². The van der Waals surface area contributed by atoms with E-state index < -0.39 is 35.6 Å². The van der Waals surface area contributed by atoms with Crippen LogP contribution in [0, 0.1) is 5.13 Å². The highest BCUT2D eigenvalue weighted by atomic mass is 35.5. The van der Waals surface area contributed by atoms with Crippen molar-refractivity contribution in [3.05, 3.63) is 50.8 Å². The van der Waals surface area contributed by atoms with Crippen LogP contribution in [0.3, 0.4) is 0 Å². The molecule has 2 rings (SSSR count). The highest BCUT2D eigenvalue weighted by Crippen LogP contribution is 2.32. The van der Waals surface area contributed by atoms with Gasteiger partial charge in [0.05, 0.1) is 34.6 Å². The lowest BCUT2D eigenvalue weighted by Crippen LogP contribution is -2.42. The largest absolute Gasteiger partial charge is 0.395 e. The zero-order valence-corrected chi connectivity index (χ0v) is 18.3. The van der Waals surface area contributed by atoms with Crippen LogP contribution < -0.4 is 11.1 Å². The Bertz CT molecular complexity index is 841. The summed E-state index contributed by atoms with van der Waals surface area (Å²) in [5, 5.41) is 32.8. The van der Waals surface area contributed by atoms with E-state index in [1.165, 1.54) is 13.1 Å². The minimum absolute atomic E-state index is 0.116. The first-order chi connectivity index (χ1) is 13.7. The number of thioether (sulfide) groups is 1. The molecular weight excluding hydrogens is 464 g/mol. The molecule has 1 heterocycles. The minimum Gasteiger partial charge on any atom is -0.395 e. The van der Waals surface area contributed by atoms with Crippen molar-refractivity contribution in [2.24, 2.45) is 5.73 Å². The second-order valence-electron chi connectivity index (χ2n) is 5.84. The van der Waals surface area contributed by atoms with Gasteiger partial charge in [-0.2, -0.15) is 4.39 Å². The van der Waals surface area contributed by atoms with Gasteiger partial charge >= 0.3 is 0 Å². The highest BCUT2D eigenvalue weighted by Gasteiger charge is 2.27. The van der Waals surface area contributed by atoms with Gasteiger partial charge in [-0.05, 0) is 25.1 Å². The smallest absolute Gasteiger partial charge is 0.196 e. The van der Waals surface area contributed by atoms with E-state index >= 15 is 0 Å². The molecule has 0 fully saturated rings. The number of benzene rings is 1. The van der Waals surface area contributed by atoms with Gasteiger partial charge in [0.2, 0.25) is 0 Å². The van der Waals surface area contributed by atoms with Crippen molar-refractivity contribution in [2.75, 3.05) is 6.61 Å². The van der Waals surface area contributed by atoms with Gasteiger partial charge in [-0.3, -0.25) is 0 Å². The van der Waals surface area contributed by atoms with E-state index in [1.54, 1.807) is 18.2 Å². The molecule has 0 amide bonds. The van der Waals surface area contributed by atoms with Gasteiger partial charge < -0.3 is 31.1 Å². The van der Waals surface area contributed by atoms with Crippen molar-refractivity contribution in [3.63, 3.8) is 0 Å². The van der Waals surface area contributed by atoms with Gasteiger partial charge in [-0.1, -0.05) is 46.3 Å². The number of nitrogens with zero attached hydrogens (tertiary/aromatic N) is 1. The van der Waals surface area contributed by atoms with E-state index in [0.717, 1.165) is 29.3 Å². The van der Waals surface area contributed by atoms with Crippen LogP contribution >= 0.6 is 46.3 Å². The highest BCUT2D eigenvalue weighted by molar-refractivity contribution is 7.99. The van der Waals surface area contributed by atoms with Crippen molar-refractivity contribution >= 4 is 52.0 Å². The maximum atomic E-state index is 13.1. The molecule has 0 aliphatic heterocycles. The van der Waals surface area contributed by atoms with Crippen LogP contribution in [-0.4, -0.2) is 50.8 Å². The topological polar surface area (TPSA) is 121 Å². The van der Waals surface area contributed by atoms with Gasteiger partial charge in [0.1, 0.15) is 11.1 Å². The Hall–Kier alpha value is -1.11. The number of nitrogens with two attached hydrogens (primary N) is 1. The lowest BCUT2D eigenvalue weighted by Gasteiger charge is -2.28. The van der Waals surface area contributed by atoms with Crippen LogP contribution in [0.15, 0.2) is 35.5 Å². The molecule has 29 heavy (non-hydrogen) atoms. The quantitative estimate of drug-likeness (QED) is 0.258. The normalized spacial score (nSPS) is 16.3. The number of halogens is 3. The number of ether oxygens (including phenoxy) is 1. The monoisotopic (exact) mass is 483 g/mol. The van der Waals surface area contributed by atoms with Crippen LogP contribution in [0.25, 0.3) is 5.70 Å². The molecule has 0 aliphatic carbocycles. The summed E-state index contributed by atoms with van der Waals surface area (Å²) in [4.78, 5) is 4.44. The summed E-state index contributed by atoms with van der Waals surface area (Å²) in [6, 6.07) is 4.87. The number of nitrogens with one attached hydrogen (secondary N) is 1. The lowest BCUT2D eigenvalue weighted by molar-refractivity contribution is -0.0978. The Morgan fingerprint density at radius 3 is 2.69 bits per heavy atom. The predicted molar refractivity (Wildman–Crippen MR) is 113 cm³/mol. The van der Waals surface area contributed by atoms with E-state index in [-0.39, 0.29) is 10.7 Å². The molecule has 4 unspecified atom stereocenters. The van der Waals surface area contributed by atoms with E-state index in [0.29, 0.717) is 14.9 Å². The van der Waals surface area contributed by atoms with Crippen molar-refractivity contribution in [1.82, 2.24) is 10.3 Å². The third-order valence-corrected chi connectivity index (χ3v) is 6.26. The first-order valence-corrected chi connectivity index (χ1v) is 10.7. The number of rotatable bonds is 10. The SMILES string of the molecule is CC(O)C(CO)OC(Sc1ccc(Cl)c(Cl)c1)C(O)N/C=C(\N)c1ncc(F)s1. The zero-order valence-electron chi connectivity index (χ0n) is 15.1. The second-order valence-corrected chi connectivity index (χ2v) is 8.81. The van der Waals surface area contributed by atoms with Crippen LogP contribution in [0.2, 0.25) is 10.0 Å². The third-order valence-electron chi connectivity index (χ3n) is 3.56. The first kappa shape index (κ1) is 24.2. The molecule has 0 bridgehead atoms. The van der Waals surface area contributed by atoms with Gasteiger partial charge in [0.25, 0.3) is 0 Å². The average molecular weight is 484 g/mol. The lowest BCUT2D eigenvalue weighted by atomic mass is 10.2. The minimum atomic E-state index is -1.31. The Morgan fingerprint density at radius 2 is 2.14 bits per heavy atom. The first-order valence-electron chi connectivity index (χ1n) is 8.28. The third kappa shape index (κ3) is 7.26. The molecule has 2 aromatic rings. The summed E-state index contributed by atoms with van der Waals surface area (Å²) in [6.07, 6.45) is -0.933. The Labute approximate surface area is 185 Å². The Kier molecular flexibility index (Phi) is 9.44. The summed E-state index contributed by atoms with van der Waals surface area (Å²) in [7, 11) is 0. The molecule has 1 aromatic heterocycles. The standard InChI is InChI=1S/C17H20Cl2FN3O4S2/c1-8(25)13(7-24)27-17(28-9-2-3-10(18)11(19)4-9)15(26)22-5-12(21)16-23-6-14(20)29-16/h2-6,8,13,15,17,22,24-26H,7,21H2,1H3/b12-5-. The zero-order chi connectivity index (χ0) is 21.6. The van der Waals surface area contributed by atoms with Crippen LogP contribution in [0.1, 0.15) is 11.9 Å². The predicted octanol–water partition coefficient (Wildman–Crippen LogP) is 2.63. The molecule has 160 valence electrons. The molecule has 12 heteroatoms.